The molecule has 2 aromatic carbocycles. The number of anilines is 1. The Morgan fingerprint density at radius 2 is 1.81 bits per heavy atom. The summed E-state index contributed by atoms with van der Waals surface area (Å²) < 4.78 is 3.38. The molecule has 1 aliphatic rings. The predicted octanol–water partition coefficient (Wildman–Crippen LogP) is 4.78. The number of pyridine rings is 2. The van der Waals surface area contributed by atoms with E-state index >= 15 is 0 Å². The molecule has 0 aliphatic carbocycles. The van der Waals surface area contributed by atoms with Crippen molar-refractivity contribution in [1.29, 1.82) is 0 Å². The molecule has 8 heteroatoms. The summed E-state index contributed by atoms with van der Waals surface area (Å²) in [5, 5.41) is 5.09. The number of halogens is 1. The van der Waals surface area contributed by atoms with Crippen molar-refractivity contribution in [3.63, 3.8) is 0 Å². The quantitative estimate of drug-likeness (QED) is 0.388. The molecular weight excluding hydrogens is 472 g/mol. The van der Waals surface area contributed by atoms with Gasteiger partial charge in [0.15, 0.2) is 0 Å². The molecule has 0 spiro atoms. The largest absolute Gasteiger partial charge is 0.367 e. The van der Waals surface area contributed by atoms with Crippen LogP contribution in [0.4, 0.5) is 5.69 Å². The number of aromatic nitrogens is 4. The number of piperazine rings is 1. The zero-order valence-electron chi connectivity index (χ0n) is 20.4. The van der Waals surface area contributed by atoms with Gasteiger partial charge in [-0.25, -0.2) is 4.79 Å². The van der Waals surface area contributed by atoms with Crippen molar-refractivity contribution in [2.24, 2.45) is 7.05 Å². The van der Waals surface area contributed by atoms with Crippen LogP contribution >= 0.6 is 11.6 Å². The van der Waals surface area contributed by atoms with Crippen LogP contribution in [-0.2, 0) is 7.05 Å². The highest BCUT2D eigenvalue weighted by atomic mass is 35.5. The second-order valence-electron chi connectivity index (χ2n) is 9.65. The SMILES string of the molecule is CC1CN(c2ccc(-n3c(=O)n(C)c4cnc5ccc(-c6cccnc6)cc5c43)cc2Cl)CC(C)N1. The third kappa shape index (κ3) is 3.75. The van der Waals surface area contributed by atoms with Crippen LogP contribution in [0, 0.1) is 0 Å². The summed E-state index contributed by atoms with van der Waals surface area (Å²) in [7, 11) is 1.78. The molecule has 5 aromatic rings. The lowest BCUT2D eigenvalue weighted by molar-refractivity contribution is 0.407. The molecule has 7 nitrogen and oxygen atoms in total. The van der Waals surface area contributed by atoms with Crippen LogP contribution in [0.3, 0.4) is 0 Å². The van der Waals surface area contributed by atoms with Crippen molar-refractivity contribution >= 4 is 39.2 Å². The van der Waals surface area contributed by atoms with Gasteiger partial charge >= 0.3 is 5.69 Å². The summed E-state index contributed by atoms with van der Waals surface area (Å²) in [4.78, 5) is 24.7. The Bertz CT molecular complexity index is 1650. The first-order chi connectivity index (χ1) is 17.4. The van der Waals surface area contributed by atoms with Crippen molar-refractivity contribution in [2.45, 2.75) is 25.9 Å². The molecule has 4 heterocycles. The molecule has 1 fully saturated rings. The number of nitrogens with zero attached hydrogens (tertiary/aromatic N) is 5. The fourth-order valence-corrected chi connectivity index (χ4v) is 5.66. The van der Waals surface area contributed by atoms with Gasteiger partial charge in [-0.1, -0.05) is 23.7 Å². The number of fused-ring (bicyclic) bond motifs is 3. The molecule has 2 atom stereocenters. The minimum atomic E-state index is -0.140. The van der Waals surface area contributed by atoms with Gasteiger partial charge in [-0.05, 0) is 55.8 Å². The third-order valence-electron chi connectivity index (χ3n) is 6.97. The molecule has 1 N–H and O–H groups in total. The summed E-state index contributed by atoms with van der Waals surface area (Å²) in [5.74, 6) is 0. The van der Waals surface area contributed by atoms with Crippen molar-refractivity contribution in [3.8, 4) is 16.8 Å². The summed E-state index contributed by atoms with van der Waals surface area (Å²) in [6, 6.07) is 16.7. The van der Waals surface area contributed by atoms with E-state index < -0.39 is 0 Å². The first-order valence-corrected chi connectivity index (χ1v) is 12.5. The molecule has 0 saturated carbocycles. The van der Waals surface area contributed by atoms with Gasteiger partial charge in [0.2, 0.25) is 0 Å². The van der Waals surface area contributed by atoms with Gasteiger partial charge in [-0.15, -0.1) is 0 Å². The predicted molar refractivity (Wildman–Crippen MR) is 146 cm³/mol. The number of imidazole rings is 1. The monoisotopic (exact) mass is 498 g/mol. The Morgan fingerprint density at radius 3 is 2.53 bits per heavy atom. The van der Waals surface area contributed by atoms with E-state index in [4.69, 9.17) is 11.6 Å². The Labute approximate surface area is 214 Å². The standard InChI is InChI=1S/C28H27ClN6O/c1-17-15-34(16-18(2)32-17)25-9-7-21(12-23(25)29)35-27-22-11-19(20-5-4-10-30-13-20)6-8-24(22)31-14-26(27)33(3)28(35)36/h4-14,17-18,32H,15-16H2,1-3H3. The number of benzene rings is 2. The first-order valence-electron chi connectivity index (χ1n) is 12.1. The Kier molecular flexibility index (Phi) is 5.54. The van der Waals surface area contributed by atoms with Crippen molar-refractivity contribution in [2.75, 3.05) is 18.0 Å². The highest BCUT2D eigenvalue weighted by Gasteiger charge is 2.23. The van der Waals surface area contributed by atoms with Gasteiger partial charge in [0, 0.05) is 55.6 Å². The number of hydrogen-bond acceptors (Lipinski definition) is 5. The summed E-state index contributed by atoms with van der Waals surface area (Å²) in [5.41, 5.74) is 6.00. The van der Waals surface area contributed by atoms with Crippen LogP contribution < -0.4 is 15.9 Å². The highest BCUT2D eigenvalue weighted by molar-refractivity contribution is 6.33. The molecule has 1 aliphatic heterocycles. The Balaban J connectivity index is 1.53. The smallest absolute Gasteiger partial charge is 0.333 e. The van der Waals surface area contributed by atoms with Crippen LogP contribution in [0.15, 0.2) is 71.9 Å². The lowest BCUT2D eigenvalue weighted by atomic mass is 10.0. The summed E-state index contributed by atoms with van der Waals surface area (Å²) in [6.07, 6.45) is 5.36. The molecule has 0 bridgehead atoms. The zero-order chi connectivity index (χ0) is 25.0. The van der Waals surface area contributed by atoms with E-state index in [-0.39, 0.29) is 5.69 Å². The normalized spacial score (nSPS) is 18.3. The van der Waals surface area contributed by atoms with Crippen LogP contribution in [0.1, 0.15) is 13.8 Å². The molecule has 3 aromatic heterocycles. The summed E-state index contributed by atoms with van der Waals surface area (Å²) >= 11 is 6.84. The molecule has 36 heavy (non-hydrogen) atoms. The maximum atomic E-state index is 13.5. The minimum Gasteiger partial charge on any atom is -0.367 e. The average Bonchev–Trinajstić information content (AvgIpc) is 3.13. The van der Waals surface area contributed by atoms with Crippen LogP contribution in [0.25, 0.3) is 38.8 Å². The lowest BCUT2D eigenvalue weighted by Crippen LogP contribution is -2.54. The van der Waals surface area contributed by atoms with Crippen LogP contribution in [0.5, 0.6) is 0 Å². The van der Waals surface area contributed by atoms with Gasteiger partial charge in [0.1, 0.15) is 0 Å². The molecular formula is C28H27ClN6O. The average molecular weight is 499 g/mol. The van der Waals surface area contributed by atoms with E-state index in [0.717, 1.165) is 57.5 Å². The van der Waals surface area contributed by atoms with E-state index in [1.54, 1.807) is 28.6 Å². The second kappa shape index (κ2) is 8.76. The van der Waals surface area contributed by atoms with E-state index in [2.05, 4.69) is 40.1 Å². The molecule has 0 amide bonds. The van der Waals surface area contributed by atoms with Crippen molar-refractivity contribution in [3.05, 3.63) is 82.6 Å². The van der Waals surface area contributed by atoms with Crippen molar-refractivity contribution in [1.82, 2.24) is 24.4 Å². The molecule has 2 unspecified atom stereocenters. The number of nitrogens with one attached hydrogen (secondary N) is 1. The van der Waals surface area contributed by atoms with Gasteiger partial charge in [-0.2, -0.15) is 0 Å². The first kappa shape index (κ1) is 22.8. The number of aryl methyl sites for hydroxylation is 1. The van der Waals surface area contributed by atoms with E-state index in [0.29, 0.717) is 17.1 Å². The molecule has 1 saturated heterocycles. The van der Waals surface area contributed by atoms with Gasteiger partial charge in [0.05, 0.1) is 39.1 Å². The minimum absolute atomic E-state index is 0.140. The second-order valence-corrected chi connectivity index (χ2v) is 10.1. The maximum absolute atomic E-state index is 13.5. The Morgan fingerprint density at radius 1 is 1.00 bits per heavy atom. The molecule has 182 valence electrons. The Hall–Kier alpha value is -3.68. The third-order valence-corrected chi connectivity index (χ3v) is 7.27. The van der Waals surface area contributed by atoms with Crippen LogP contribution in [0.2, 0.25) is 5.02 Å². The molecule has 0 radical (unpaired) electrons. The van der Waals surface area contributed by atoms with Gasteiger partial charge in [0.25, 0.3) is 0 Å². The number of rotatable bonds is 3. The fourth-order valence-electron chi connectivity index (χ4n) is 5.36. The van der Waals surface area contributed by atoms with E-state index in [1.807, 2.05) is 48.7 Å². The van der Waals surface area contributed by atoms with Gasteiger partial charge < -0.3 is 10.2 Å². The fraction of sp³-hybridized carbons (Fsp3) is 0.250. The highest BCUT2D eigenvalue weighted by Crippen LogP contribution is 2.33. The van der Waals surface area contributed by atoms with Crippen molar-refractivity contribution < 1.29 is 0 Å². The van der Waals surface area contributed by atoms with E-state index in [1.165, 1.54) is 0 Å². The topological polar surface area (TPSA) is 68.0 Å². The summed E-state index contributed by atoms with van der Waals surface area (Å²) in [6.45, 7) is 6.12. The maximum Gasteiger partial charge on any atom is 0.333 e. The van der Waals surface area contributed by atoms with E-state index in [9.17, 15) is 4.79 Å². The van der Waals surface area contributed by atoms with Gasteiger partial charge in [-0.3, -0.25) is 19.1 Å². The number of hydrogen-bond donors (Lipinski definition) is 1. The lowest BCUT2D eigenvalue weighted by Gasteiger charge is -2.38. The zero-order valence-corrected chi connectivity index (χ0v) is 21.2. The molecule has 6 rings (SSSR count). The van der Waals surface area contributed by atoms with Crippen LogP contribution in [-0.4, -0.2) is 44.3 Å².